The Balaban J connectivity index is 1.30. The van der Waals surface area contributed by atoms with E-state index in [4.69, 9.17) is 0 Å². The molecule has 0 bridgehead atoms. The van der Waals surface area contributed by atoms with Gasteiger partial charge in [-0.25, -0.2) is 4.98 Å². The van der Waals surface area contributed by atoms with Crippen LogP contribution in [-0.2, 0) is 11.2 Å². The number of thioether (sulfide) groups is 1. The molecule has 0 N–H and O–H groups in total. The lowest BCUT2D eigenvalue weighted by molar-refractivity contribution is -0.130. The Hall–Kier alpha value is -2.87. The lowest BCUT2D eigenvalue weighted by Crippen LogP contribution is -2.49. The van der Waals surface area contributed by atoms with Gasteiger partial charge in [0.2, 0.25) is 5.91 Å². The summed E-state index contributed by atoms with van der Waals surface area (Å²) in [4.78, 5) is 22.3. The van der Waals surface area contributed by atoms with Gasteiger partial charge in [-0.15, -0.1) is 22.0 Å². The summed E-state index contributed by atoms with van der Waals surface area (Å²) >= 11 is 1.84. The summed E-state index contributed by atoms with van der Waals surface area (Å²) in [5.74, 6) is 2.65. The lowest BCUT2D eigenvalue weighted by atomic mass is 10.1. The van der Waals surface area contributed by atoms with E-state index < -0.39 is 0 Å². The van der Waals surface area contributed by atoms with Crippen LogP contribution >= 0.6 is 11.8 Å². The number of aromatic nitrogens is 4. The van der Waals surface area contributed by atoms with Crippen molar-refractivity contribution in [3.05, 3.63) is 60.2 Å². The normalized spacial score (nSPS) is 14.3. The number of hydrogen-bond donors (Lipinski definition) is 0. The summed E-state index contributed by atoms with van der Waals surface area (Å²) in [7, 11) is 0. The summed E-state index contributed by atoms with van der Waals surface area (Å²) in [5, 5.41) is 9.28. The van der Waals surface area contributed by atoms with Crippen LogP contribution in [0.1, 0.15) is 25.2 Å². The topological polar surface area (TPSA) is 67.2 Å². The van der Waals surface area contributed by atoms with Gasteiger partial charge in [-0.2, -0.15) is 0 Å². The molecule has 0 atom stereocenters. The zero-order valence-corrected chi connectivity index (χ0v) is 19.0. The number of aryl methyl sites for hydroxylation is 1. The van der Waals surface area contributed by atoms with Gasteiger partial charge in [0.1, 0.15) is 5.82 Å². The van der Waals surface area contributed by atoms with Gasteiger partial charge >= 0.3 is 0 Å². The van der Waals surface area contributed by atoms with Crippen molar-refractivity contribution in [2.75, 3.05) is 31.1 Å². The average molecular weight is 437 g/mol. The van der Waals surface area contributed by atoms with E-state index in [0.717, 1.165) is 36.1 Å². The van der Waals surface area contributed by atoms with E-state index in [1.807, 2.05) is 46.5 Å². The van der Waals surface area contributed by atoms with Crippen LogP contribution in [0.5, 0.6) is 0 Å². The molecule has 31 heavy (non-hydrogen) atoms. The van der Waals surface area contributed by atoms with Gasteiger partial charge in [0.05, 0.1) is 6.42 Å². The number of amides is 1. The van der Waals surface area contributed by atoms with Crippen LogP contribution in [0.25, 0.3) is 5.82 Å². The van der Waals surface area contributed by atoms with E-state index in [2.05, 4.69) is 58.2 Å². The number of nitrogens with zero attached hydrogens (tertiary/aromatic N) is 6. The summed E-state index contributed by atoms with van der Waals surface area (Å²) < 4.78 is 1.90. The molecule has 7 nitrogen and oxygen atoms in total. The van der Waals surface area contributed by atoms with Gasteiger partial charge in [-0.1, -0.05) is 26.0 Å². The molecule has 0 spiro atoms. The molecule has 1 fully saturated rings. The van der Waals surface area contributed by atoms with Crippen LogP contribution in [0.15, 0.2) is 53.7 Å². The summed E-state index contributed by atoms with van der Waals surface area (Å²) in [5.41, 5.74) is 1.07. The van der Waals surface area contributed by atoms with Gasteiger partial charge in [-0.05, 0) is 36.8 Å². The van der Waals surface area contributed by atoms with Gasteiger partial charge < -0.3 is 9.80 Å². The third kappa shape index (κ3) is 5.25. The van der Waals surface area contributed by atoms with Crippen LogP contribution in [0.2, 0.25) is 0 Å². The maximum absolute atomic E-state index is 12.7. The molecule has 3 heterocycles. The molecule has 0 saturated carbocycles. The fourth-order valence-corrected chi connectivity index (χ4v) is 4.50. The highest BCUT2D eigenvalue weighted by atomic mass is 32.2. The average Bonchev–Trinajstić information content (AvgIpc) is 3.21. The fourth-order valence-electron chi connectivity index (χ4n) is 3.66. The van der Waals surface area contributed by atoms with Crippen molar-refractivity contribution in [2.24, 2.45) is 0 Å². The van der Waals surface area contributed by atoms with Crippen molar-refractivity contribution in [1.82, 2.24) is 24.6 Å². The van der Waals surface area contributed by atoms with Crippen LogP contribution in [0.3, 0.4) is 0 Å². The highest BCUT2D eigenvalue weighted by molar-refractivity contribution is 7.99. The Labute approximate surface area is 187 Å². The van der Waals surface area contributed by atoms with Crippen molar-refractivity contribution in [2.45, 2.75) is 37.3 Å². The molecule has 162 valence electrons. The molecule has 1 aliphatic rings. The first-order valence-corrected chi connectivity index (χ1v) is 11.5. The summed E-state index contributed by atoms with van der Waals surface area (Å²) in [6.07, 6.45) is 4.08. The van der Waals surface area contributed by atoms with E-state index in [1.54, 1.807) is 6.20 Å². The Morgan fingerprint density at radius 2 is 1.68 bits per heavy atom. The minimum atomic E-state index is 0.181. The van der Waals surface area contributed by atoms with Gasteiger partial charge in [-0.3, -0.25) is 9.36 Å². The predicted molar refractivity (Wildman–Crippen MR) is 124 cm³/mol. The van der Waals surface area contributed by atoms with Crippen LogP contribution in [0, 0.1) is 6.92 Å². The highest BCUT2D eigenvalue weighted by Gasteiger charge is 2.22. The number of carbonyl (C=O) groups excluding carboxylic acids is 1. The van der Waals surface area contributed by atoms with Crippen molar-refractivity contribution in [3.63, 3.8) is 0 Å². The molecule has 0 aliphatic carbocycles. The lowest BCUT2D eigenvalue weighted by Gasteiger charge is -2.35. The number of anilines is 1. The molecule has 8 heteroatoms. The van der Waals surface area contributed by atoms with Gasteiger partial charge in [0.25, 0.3) is 0 Å². The standard InChI is InChI=1S/C23H28N6OS/c1-17(2)31-20-6-4-19(5-7-20)16-23(30)28-14-12-27(13-15-28)21-8-9-22(26-25-21)29-11-10-24-18(29)3/h4-11,17H,12-16H2,1-3H3. The van der Waals surface area contributed by atoms with E-state index in [0.29, 0.717) is 24.8 Å². The molecule has 4 rings (SSSR count). The second-order valence-corrected chi connectivity index (χ2v) is 9.60. The third-order valence-electron chi connectivity index (χ3n) is 5.32. The molecule has 1 saturated heterocycles. The van der Waals surface area contributed by atoms with Crippen LogP contribution in [-0.4, -0.2) is 62.0 Å². The summed E-state index contributed by atoms with van der Waals surface area (Å²) in [6, 6.07) is 12.3. The van der Waals surface area contributed by atoms with Gasteiger partial charge in [0.15, 0.2) is 11.6 Å². The van der Waals surface area contributed by atoms with Crippen molar-refractivity contribution < 1.29 is 4.79 Å². The quantitative estimate of drug-likeness (QED) is 0.552. The first-order chi connectivity index (χ1) is 15.0. The van der Waals surface area contributed by atoms with E-state index in [1.165, 1.54) is 4.90 Å². The van der Waals surface area contributed by atoms with Crippen molar-refractivity contribution in [1.29, 1.82) is 0 Å². The zero-order chi connectivity index (χ0) is 21.8. The minimum Gasteiger partial charge on any atom is -0.352 e. The van der Waals surface area contributed by atoms with Crippen LogP contribution in [0.4, 0.5) is 5.82 Å². The number of carbonyl (C=O) groups is 1. The molecule has 0 unspecified atom stereocenters. The zero-order valence-electron chi connectivity index (χ0n) is 18.2. The van der Waals surface area contributed by atoms with E-state index >= 15 is 0 Å². The maximum atomic E-state index is 12.7. The predicted octanol–water partition coefficient (Wildman–Crippen LogP) is 3.36. The number of hydrogen-bond acceptors (Lipinski definition) is 6. The Bertz CT molecular complexity index is 1010. The molecule has 0 radical (unpaired) electrons. The second-order valence-electron chi connectivity index (χ2n) is 7.95. The SMILES string of the molecule is Cc1nccn1-c1ccc(N2CCN(C(=O)Cc3ccc(SC(C)C)cc3)CC2)nn1. The van der Waals surface area contributed by atoms with Crippen molar-refractivity contribution >= 4 is 23.5 Å². The molecule has 1 aliphatic heterocycles. The Morgan fingerprint density at radius 3 is 2.26 bits per heavy atom. The van der Waals surface area contributed by atoms with Crippen molar-refractivity contribution in [3.8, 4) is 5.82 Å². The molecular formula is C23H28N6OS. The largest absolute Gasteiger partial charge is 0.352 e. The Morgan fingerprint density at radius 1 is 1.00 bits per heavy atom. The number of benzene rings is 1. The van der Waals surface area contributed by atoms with E-state index in [9.17, 15) is 4.79 Å². The molecule has 2 aromatic heterocycles. The first-order valence-electron chi connectivity index (χ1n) is 10.6. The minimum absolute atomic E-state index is 0.181. The van der Waals surface area contributed by atoms with Crippen LogP contribution < -0.4 is 4.90 Å². The third-order valence-corrected chi connectivity index (χ3v) is 6.33. The van der Waals surface area contributed by atoms with Gasteiger partial charge in [0, 0.05) is 48.7 Å². The Kier molecular flexibility index (Phi) is 6.56. The molecular weight excluding hydrogens is 408 g/mol. The molecule has 3 aromatic rings. The molecule has 1 aromatic carbocycles. The number of rotatable bonds is 6. The highest BCUT2D eigenvalue weighted by Crippen LogP contribution is 2.23. The first kappa shape index (κ1) is 21.4. The fraction of sp³-hybridized carbons (Fsp3) is 0.391. The summed E-state index contributed by atoms with van der Waals surface area (Å²) in [6.45, 7) is 9.21. The monoisotopic (exact) mass is 436 g/mol. The number of piperazine rings is 1. The number of imidazole rings is 1. The second kappa shape index (κ2) is 9.51. The molecule has 1 amide bonds. The maximum Gasteiger partial charge on any atom is 0.227 e. The smallest absolute Gasteiger partial charge is 0.227 e. The van der Waals surface area contributed by atoms with E-state index in [-0.39, 0.29) is 5.91 Å².